The summed E-state index contributed by atoms with van der Waals surface area (Å²) in [6.45, 7) is 4.03. The summed E-state index contributed by atoms with van der Waals surface area (Å²) < 4.78 is 1.28. The number of aromatic nitrogens is 2. The number of anilines is 1. The van der Waals surface area contributed by atoms with E-state index in [-0.39, 0.29) is 6.73 Å². The minimum atomic E-state index is 0.194. The average Bonchev–Trinajstić information content (AvgIpc) is 3.41. The van der Waals surface area contributed by atoms with Crippen LogP contribution < -0.4 is 10.3 Å². The number of nitrogens with one attached hydrogen (secondary N) is 1. The minimum absolute atomic E-state index is 0.194. The maximum atomic E-state index is 10.8. The second kappa shape index (κ2) is 13.5. The Balaban J connectivity index is 0.000000214. The number of aryl methyl sites for hydroxylation is 2. The standard InChI is InChI=1S/C12H11N3O2S.C8H7NS.C2H7NO2/c1-8-11(7-16)18-12(13-8)9-4-3-5-10(6-9)15(2)14-17;1-6-9-7-4-2-3-5-8(7)10-6;1-3-2-5-4/h3-7H,1-2H3;2-5H,1H3;3-4H,2H2,1H3. The van der Waals surface area contributed by atoms with Gasteiger partial charge >= 0.3 is 0 Å². The third-order valence-corrected chi connectivity index (χ3v) is 6.22. The Labute approximate surface area is 199 Å². The highest BCUT2D eigenvalue weighted by atomic mass is 32.1. The van der Waals surface area contributed by atoms with E-state index >= 15 is 0 Å². The Kier molecular flexibility index (Phi) is 10.7. The summed E-state index contributed by atoms with van der Waals surface area (Å²) in [4.78, 5) is 34.1. The number of nitrogens with zero attached hydrogens (tertiary/aromatic N) is 4. The van der Waals surface area contributed by atoms with E-state index < -0.39 is 0 Å². The molecule has 0 aliphatic rings. The number of benzene rings is 2. The van der Waals surface area contributed by atoms with E-state index in [4.69, 9.17) is 5.26 Å². The third-order valence-electron chi connectivity index (χ3n) is 4.14. The van der Waals surface area contributed by atoms with E-state index in [9.17, 15) is 9.70 Å². The maximum Gasteiger partial charge on any atom is 0.161 e. The van der Waals surface area contributed by atoms with Crippen molar-refractivity contribution >= 4 is 44.9 Å². The lowest BCUT2D eigenvalue weighted by Gasteiger charge is -2.08. The van der Waals surface area contributed by atoms with Gasteiger partial charge in [-0.05, 0) is 45.2 Å². The van der Waals surface area contributed by atoms with Crippen LogP contribution in [0.4, 0.5) is 5.69 Å². The zero-order chi connectivity index (χ0) is 24.2. The van der Waals surface area contributed by atoms with Crippen molar-refractivity contribution in [3.05, 3.63) is 69.0 Å². The van der Waals surface area contributed by atoms with Crippen molar-refractivity contribution in [2.24, 2.45) is 5.29 Å². The van der Waals surface area contributed by atoms with Crippen molar-refractivity contribution in [1.29, 1.82) is 0 Å². The molecule has 0 radical (unpaired) electrons. The first-order valence-electron chi connectivity index (χ1n) is 9.76. The van der Waals surface area contributed by atoms with Crippen molar-refractivity contribution < 1.29 is 14.9 Å². The van der Waals surface area contributed by atoms with Crippen LogP contribution in [0.5, 0.6) is 0 Å². The van der Waals surface area contributed by atoms with Crippen LogP contribution in [0.2, 0.25) is 0 Å². The van der Waals surface area contributed by atoms with Crippen LogP contribution >= 0.6 is 22.7 Å². The molecule has 0 fully saturated rings. The fraction of sp³-hybridized carbons (Fsp3) is 0.227. The number of nitroso groups, excluding NO2 is 1. The molecule has 0 aliphatic carbocycles. The van der Waals surface area contributed by atoms with Gasteiger partial charge in [-0.25, -0.2) is 19.9 Å². The highest BCUT2D eigenvalue weighted by Gasteiger charge is 2.10. The first-order chi connectivity index (χ1) is 15.9. The van der Waals surface area contributed by atoms with Gasteiger partial charge < -0.3 is 0 Å². The van der Waals surface area contributed by atoms with Gasteiger partial charge in [0.2, 0.25) is 0 Å². The molecule has 0 unspecified atom stereocenters. The zero-order valence-electron chi connectivity index (χ0n) is 18.7. The summed E-state index contributed by atoms with van der Waals surface area (Å²) in [5.41, 5.74) is 3.38. The molecule has 0 amide bonds. The molecular formula is C22H25N5O4S2. The highest BCUT2D eigenvalue weighted by molar-refractivity contribution is 7.18. The minimum Gasteiger partial charge on any atom is -0.297 e. The van der Waals surface area contributed by atoms with E-state index in [1.807, 2.05) is 43.3 Å². The summed E-state index contributed by atoms with van der Waals surface area (Å²) in [5.74, 6) is 0. The quantitative estimate of drug-likeness (QED) is 0.124. The topological polar surface area (TPSA) is 117 Å². The number of hydrogen-bond acceptors (Lipinski definition) is 10. The van der Waals surface area contributed by atoms with Crippen LogP contribution in [-0.2, 0) is 4.89 Å². The van der Waals surface area contributed by atoms with Crippen LogP contribution in [0.1, 0.15) is 20.4 Å². The van der Waals surface area contributed by atoms with Crippen molar-refractivity contribution in [1.82, 2.24) is 15.3 Å². The molecule has 0 spiro atoms. The molecule has 0 saturated carbocycles. The van der Waals surface area contributed by atoms with Gasteiger partial charge in [0.05, 0.1) is 36.8 Å². The third kappa shape index (κ3) is 7.77. The molecule has 4 aromatic rings. The smallest absolute Gasteiger partial charge is 0.161 e. The number of para-hydroxylation sites is 1. The molecule has 0 aliphatic heterocycles. The molecule has 9 nitrogen and oxygen atoms in total. The van der Waals surface area contributed by atoms with Gasteiger partial charge in [0.25, 0.3) is 0 Å². The van der Waals surface area contributed by atoms with Crippen LogP contribution in [0.25, 0.3) is 20.8 Å². The summed E-state index contributed by atoms with van der Waals surface area (Å²) in [5, 5.41) is 16.0. The maximum absolute atomic E-state index is 10.8. The number of rotatable bonds is 6. The van der Waals surface area contributed by atoms with Gasteiger partial charge in [0, 0.05) is 12.6 Å². The Hall–Kier alpha value is -3.09. The summed E-state index contributed by atoms with van der Waals surface area (Å²) >= 11 is 3.08. The Bertz CT molecular complexity index is 1140. The molecule has 11 heteroatoms. The lowest BCUT2D eigenvalue weighted by Crippen LogP contribution is -2.08. The number of carbonyl (C=O) groups is 1. The largest absolute Gasteiger partial charge is 0.297 e. The molecule has 174 valence electrons. The number of carbonyl (C=O) groups excluding carboxylic acids is 1. The number of thiazole rings is 2. The van der Waals surface area contributed by atoms with Crippen molar-refractivity contribution in [2.75, 3.05) is 25.8 Å². The van der Waals surface area contributed by atoms with Crippen molar-refractivity contribution in [3.63, 3.8) is 0 Å². The Morgan fingerprint density at radius 1 is 1.15 bits per heavy atom. The van der Waals surface area contributed by atoms with Gasteiger partial charge in [0.1, 0.15) is 11.7 Å². The van der Waals surface area contributed by atoms with Crippen LogP contribution in [0.3, 0.4) is 0 Å². The molecular weight excluding hydrogens is 462 g/mol. The van der Waals surface area contributed by atoms with E-state index in [0.717, 1.165) is 33.1 Å². The molecule has 0 bridgehead atoms. The van der Waals surface area contributed by atoms with Crippen molar-refractivity contribution in [2.45, 2.75) is 13.8 Å². The van der Waals surface area contributed by atoms with Crippen LogP contribution in [-0.4, -0.2) is 42.3 Å². The second-order valence-electron chi connectivity index (χ2n) is 6.57. The monoisotopic (exact) mass is 487 g/mol. The molecule has 4 rings (SSSR count). The SMILES string of the molecule is CNCOO.Cc1nc(-c2cccc(N(C)N=O)c2)sc1C=O.Cc1nc2ccccc2s1. The summed E-state index contributed by atoms with van der Waals surface area (Å²) in [6, 6.07) is 15.5. The Morgan fingerprint density at radius 2 is 1.91 bits per heavy atom. The van der Waals surface area contributed by atoms with Gasteiger partial charge in [0.15, 0.2) is 6.29 Å². The van der Waals surface area contributed by atoms with Gasteiger partial charge in [-0.15, -0.1) is 27.6 Å². The lowest BCUT2D eigenvalue weighted by atomic mass is 10.2. The fourth-order valence-electron chi connectivity index (χ4n) is 2.58. The van der Waals surface area contributed by atoms with Gasteiger partial charge in [-0.1, -0.05) is 24.3 Å². The fourth-order valence-corrected chi connectivity index (χ4v) is 4.28. The summed E-state index contributed by atoms with van der Waals surface area (Å²) in [7, 11) is 3.26. The number of aldehydes is 1. The van der Waals surface area contributed by atoms with E-state index in [2.05, 4.69) is 31.5 Å². The first kappa shape index (κ1) is 26.2. The number of fused-ring (bicyclic) bond motifs is 1. The van der Waals surface area contributed by atoms with Crippen LogP contribution in [0.15, 0.2) is 53.8 Å². The lowest BCUT2D eigenvalue weighted by molar-refractivity contribution is -0.246. The average molecular weight is 488 g/mol. The van der Waals surface area contributed by atoms with Gasteiger partial charge in [-0.2, -0.15) is 0 Å². The van der Waals surface area contributed by atoms with E-state index in [0.29, 0.717) is 10.6 Å². The molecule has 2 N–H and O–H groups in total. The molecule has 0 saturated heterocycles. The first-order valence-corrected chi connectivity index (χ1v) is 11.4. The summed E-state index contributed by atoms with van der Waals surface area (Å²) in [6.07, 6.45) is 0.805. The predicted octanol–water partition coefficient (Wildman–Crippen LogP) is 5.31. The zero-order valence-corrected chi connectivity index (χ0v) is 20.3. The van der Waals surface area contributed by atoms with Crippen molar-refractivity contribution in [3.8, 4) is 10.6 Å². The van der Waals surface area contributed by atoms with Gasteiger partial charge in [-0.3, -0.25) is 15.4 Å². The second-order valence-corrected chi connectivity index (χ2v) is 8.84. The van der Waals surface area contributed by atoms with E-state index in [1.54, 1.807) is 38.4 Å². The van der Waals surface area contributed by atoms with Crippen LogP contribution in [0, 0.1) is 18.8 Å². The molecule has 2 aromatic heterocycles. The molecule has 2 aromatic carbocycles. The van der Waals surface area contributed by atoms with E-state index in [1.165, 1.54) is 21.0 Å². The Morgan fingerprint density at radius 3 is 2.48 bits per heavy atom. The molecule has 2 heterocycles. The molecule has 33 heavy (non-hydrogen) atoms. The normalized spacial score (nSPS) is 9.97. The highest BCUT2D eigenvalue weighted by Crippen LogP contribution is 2.29. The number of hydrogen-bond donors (Lipinski definition) is 2. The molecule has 0 atom stereocenters. The predicted molar refractivity (Wildman–Crippen MR) is 134 cm³/mol.